The summed E-state index contributed by atoms with van der Waals surface area (Å²) in [6.45, 7) is 2.56. The van der Waals surface area contributed by atoms with E-state index in [1.54, 1.807) is 0 Å². The molecule has 0 spiro atoms. The number of ether oxygens (including phenoxy) is 2. The third-order valence-corrected chi connectivity index (χ3v) is 4.37. The molecular weight excluding hydrogens is 340 g/mol. The lowest BCUT2D eigenvalue weighted by Gasteiger charge is -2.15. The lowest BCUT2D eigenvalue weighted by Crippen LogP contribution is -2.29. The molecule has 0 unspecified atom stereocenters. The molecule has 0 heterocycles. The van der Waals surface area contributed by atoms with E-state index in [0.29, 0.717) is 19.3 Å². The number of carbonyl (C=O) groups excluding carboxylic acids is 2. The van der Waals surface area contributed by atoms with Crippen LogP contribution in [-0.4, -0.2) is 25.2 Å². The zero-order chi connectivity index (χ0) is 19.3. The molecule has 0 saturated heterocycles. The molecule has 0 aromatic heterocycles. The highest BCUT2D eigenvalue weighted by Crippen LogP contribution is 2.14. The molecule has 4 nitrogen and oxygen atoms in total. The molecule has 0 amide bonds. The first-order chi connectivity index (χ1) is 13.2. The van der Waals surface area contributed by atoms with Gasteiger partial charge in [0.25, 0.3) is 0 Å². The van der Waals surface area contributed by atoms with Crippen LogP contribution in [0.5, 0.6) is 0 Å². The predicted molar refractivity (Wildman–Crippen MR) is 105 cm³/mol. The van der Waals surface area contributed by atoms with Crippen LogP contribution in [-0.2, 0) is 31.9 Å². The van der Waals surface area contributed by atoms with Crippen molar-refractivity contribution in [2.24, 2.45) is 5.92 Å². The van der Waals surface area contributed by atoms with E-state index in [-0.39, 0.29) is 13.2 Å². The van der Waals surface area contributed by atoms with E-state index in [1.165, 1.54) is 0 Å². The summed E-state index contributed by atoms with van der Waals surface area (Å²) in [6, 6.07) is 19.6. The number of benzene rings is 2. The van der Waals surface area contributed by atoms with Crippen molar-refractivity contribution in [1.29, 1.82) is 0 Å². The number of unbranched alkanes of at least 4 members (excludes halogenated alkanes) is 1. The number of hydrogen-bond acceptors (Lipinski definition) is 4. The van der Waals surface area contributed by atoms with Gasteiger partial charge in [0, 0.05) is 12.8 Å². The first-order valence-corrected chi connectivity index (χ1v) is 9.62. The lowest BCUT2D eigenvalue weighted by molar-refractivity contribution is -0.162. The standard InChI is InChI=1S/C23H28O4/c1-2-3-14-21(22(24)26-17-15-19-10-6-4-7-11-19)23(25)27-18-16-20-12-8-5-9-13-20/h4-13,21H,2-3,14-18H2,1H3. The van der Waals surface area contributed by atoms with Crippen LogP contribution in [0.25, 0.3) is 0 Å². The van der Waals surface area contributed by atoms with Crippen molar-refractivity contribution in [3.05, 3.63) is 71.8 Å². The van der Waals surface area contributed by atoms with Crippen molar-refractivity contribution in [2.45, 2.75) is 39.0 Å². The largest absolute Gasteiger partial charge is 0.465 e. The van der Waals surface area contributed by atoms with Crippen LogP contribution in [0.2, 0.25) is 0 Å². The minimum Gasteiger partial charge on any atom is -0.465 e. The number of rotatable bonds is 11. The van der Waals surface area contributed by atoms with Crippen LogP contribution >= 0.6 is 0 Å². The van der Waals surface area contributed by atoms with Crippen molar-refractivity contribution < 1.29 is 19.1 Å². The average Bonchev–Trinajstić information content (AvgIpc) is 2.70. The van der Waals surface area contributed by atoms with Gasteiger partial charge < -0.3 is 9.47 Å². The third-order valence-electron chi connectivity index (χ3n) is 4.37. The molecule has 0 aliphatic carbocycles. The molecule has 0 radical (unpaired) electrons. The van der Waals surface area contributed by atoms with E-state index < -0.39 is 17.9 Å². The summed E-state index contributed by atoms with van der Waals surface area (Å²) in [6.07, 6.45) is 3.43. The van der Waals surface area contributed by atoms with Gasteiger partial charge in [0.1, 0.15) is 0 Å². The molecule has 0 atom stereocenters. The molecule has 0 aliphatic heterocycles. The fraction of sp³-hybridized carbons (Fsp3) is 0.391. The van der Waals surface area contributed by atoms with Crippen LogP contribution in [0.3, 0.4) is 0 Å². The molecule has 0 fully saturated rings. The van der Waals surface area contributed by atoms with Gasteiger partial charge >= 0.3 is 11.9 Å². The predicted octanol–water partition coefficient (Wildman–Crippen LogP) is 4.36. The molecule has 2 aromatic rings. The van der Waals surface area contributed by atoms with Crippen molar-refractivity contribution in [2.75, 3.05) is 13.2 Å². The van der Waals surface area contributed by atoms with Gasteiger partial charge in [0.05, 0.1) is 13.2 Å². The van der Waals surface area contributed by atoms with Crippen LogP contribution < -0.4 is 0 Å². The Hall–Kier alpha value is -2.62. The minimum atomic E-state index is -0.837. The van der Waals surface area contributed by atoms with Gasteiger partial charge in [-0.1, -0.05) is 80.4 Å². The van der Waals surface area contributed by atoms with Gasteiger partial charge in [-0.2, -0.15) is 0 Å². The second-order valence-corrected chi connectivity index (χ2v) is 6.50. The summed E-state index contributed by atoms with van der Waals surface area (Å²) < 4.78 is 10.7. The van der Waals surface area contributed by atoms with E-state index in [9.17, 15) is 9.59 Å². The third kappa shape index (κ3) is 7.65. The topological polar surface area (TPSA) is 52.6 Å². The maximum atomic E-state index is 12.4. The second-order valence-electron chi connectivity index (χ2n) is 6.50. The average molecular weight is 368 g/mol. The Kier molecular flexibility index (Phi) is 9.11. The molecule has 2 aromatic carbocycles. The Morgan fingerprint density at radius 2 is 1.22 bits per heavy atom. The SMILES string of the molecule is CCCCC(C(=O)OCCc1ccccc1)C(=O)OCCc1ccccc1. The maximum absolute atomic E-state index is 12.4. The van der Waals surface area contributed by atoms with Crippen molar-refractivity contribution in [3.63, 3.8) is 0 Å². The molecule has 144 valence electrons. The molecule has 0 saturated carbocycles. The Morgan fingerprint density at radius 1 is 0.778 bits per heavy atom. The first kappa shape index (κ1) is 20.7. The van der Waals surface area contributed by atoms with Crippen LogP contribution in [0, 0.1) is 5.92 Å². The Bertz CT molecular complexity index is 625. The van der Waals surface area contributed by atoms with Gasteiger partial charge in [0.2, 0.25) is 0 Å². The molecule has 27 heavy (non-hydrogen) atoms. The van der Waals surface area contributed by atoms with Crippen molar-refractivity contribution in [3.8, 4) is 0 Å². The highest BCUT2D eigenvalue weighted by molar-refractivity contribution is 5.94. The van der Waals surface area contributed by atoms with E-state index in [2.05, 4.69) is 0 Å². The number of carbonyl (C=O) groups is 2. The highest BCUT2D eigenvalue weighted by atomic mass is 16.6. The first-order valence-electron chi connectivity index (χ1n) is 9.62. The summed E-state index contributed by atoms with van der Waals surface area (Å²) in [7, 11) is 0. The van der Waals surface area contributed by atoms with E-state index in [0.717, 1.165) is 24.0 Å². The molecule has 0 N–H and O–H groups in total. The molecule has 2 rings (SSSR count). The van der Waals surface area contributed by atoms with Crippen molar-refractivity contribution in [1.82, 2.24) is 0 Å². The molecule has 0 aliphatic rings. The lowest BCUT2D eigenvalue weighted by atomic mass is 10.0. The number of hydrogen-bond donors (Lipinski definition) is 0. The smallest absolute Gasteiger partial charge is 0.320 e. The zero-order valence-corrected chi connectivity index (χ0v) is 15.9. The molecule has 0 bridgehead atoms. The van der Waals surface area contributed by atoms with Gasteiger partial charge in [-0.25, -0.2) is 0 Å². The Labute approximate surface area is 161 Å². The molecule has 4 heteroatoms. The van der Waals surface area contributed by atoms with Crippen LogP contribution in [0.15, 0.2) is 60.7 Å². The van der Waals surface area contributed by atoms with Gasteiger partial charge in [-0.15, -0.1) is 0 Å². The zero-order valence-electron chi connectivity index (χ0n) is 15.9. The minimum absolute atomic E-state index is 0.267. The normalized spacial score (nSPS) is 10.6. The number of esters is 2. The highest BCUT2D eigenvalue weighted by Gasteiger charge is 2.29. The fourth-order valence-electron chi connectivity index (χ4n) is 2.77. The van der Waals surface area contributed by atoms with Gasteiger partial charge in [0.15, 0.2) is 5.92 Å². The van der Waals surface area contributed by atoms with Crippen molar-refractivity contribution >= 4 is 11.9 Å². The second kappa shape index (κ2) is 11.9. The van der Waals surface area contributed by atoms with E-state index in [4.69, 9.17) is 9.47 Å². The summed E-state index contributed by atoms with van der Waals surface area (Å²) in [4.78, 5) is 24.8. The summed E-state index contributed by atoms with van der Waals surface area (Å²) in [5.41, 5.74) is 2.20. The molecular formula is C23H28O4. The van der Waals surface area contributed by atoms with Gasteiger partial charge in [-0.05, 0) is 17.5 Å². The summed E-state index contributed by atoms with van der Waals surface area (Å²) in [5.74, 6) is -1.80. The van der Waals surface area contributed by atoms with E-state index in [1.807, 2.05) is 67.6 Å². The Morgan fingerprint density at radius 3 is 1.63 bits per heavy atom. The monoisotopic (exact) mass is 368 g/mol. The fourth-order valence-corrected chi connectivity index (χ4v) is 2.77. The van der Waals surface area contributed by atoms with Gasteiger partial charge in [-0.3, -0.25) is 9.59 Å². The van der Waals surface area contributed by atoms with E-state index >= 15 is 0 Å². The quantitative estimate of drug-likeness (QED) is 0.437. The van der Waals surface area contributed by atoms with Crippen LogP contribution in [0.1, 0.15) is 37.3 Å². The summed E-state index contributed by atoms with van der Waals surface area (Å²) in [5, 5.41) is 0. The Balaban J connectivity index is 1.80. The summed E-state index contributed by atoms with van der Waals surface area (Å²) >= 11 is 0. The van der Waals surface area contributed by atoms with Crippen LogP contribution in [0.4, 0.5) is 0 Å². The maximum Gasteiger partial charge on any atom is 0.320 e.